The fourth-order valence-electron chi connectivity index (χ4n) is 2.57. The summed E-state index contributed by atoms with van der Waals surface area (Å²) in [6.07, 6.45) is 0. The predicted octanol–water partition coefficient (Wildman–Crippen LogP) is 2.72. The number of piperazine rings is 1. The molecule has 1 aliphatic heterocycles. The molecule has 2 heterocycles. The van der Waals surface area contributed by atoms with Crippen LogP contribution in [0.2, 0.25) is 10.0 Å². The van der Waals surface area contributed by atoms with Crippen molar-refractivity contribution in [3.63, 3.8) is 0 Å². The third kappa shape index (κ3) is 3.73. The zero-order chi connectivity index (χ0) is 17.1. The number of nitrogens with zero attached hydrogens (tertiary/aromatic N) is 4. The van der Waals surface area contributed by atoms with Crippen LogP contribution in [0.15, 0.2) is 22.7 Å². The molecule has 9 heteroatoms. The molecule has 1 fully saturated rings. The van der Waals surface area contributed by atoms with Gasteiger partial charge >= 0.3 is 6.03 Å². The van der Waals surface area contributed by atoms with E-state index in [4.69, 9.17) is 27.7 Å². The lowest BCUT2D eigenvalue weighted by Crippen LogP contribution is -2.51. The van der Waals surface area contributed by atoms with Crippen molar-refractivity contribution in [2.45, 2.75) is 13.5 Å². The van der Waals surface area contributed by atoms with Crippen LogP contribution < -0.4 is 10.2 Å². The second-order valence-corrected chi connectivity index (χ2v) is 6.22. The Balaban J connectivity index is 1.53. The minimum absolute atomic E-state index is 0.144. The second-order valence-electron chi connectivity index (χ2n) is 5.44. The highest BCUT2D eigenvalue weighted by Crippen LogP contribution is 2.32. The van der Waals surface area contributed by atoms with E-state index >= 15 is 0 Å². The van der Waals surface area contributed by atoms with Crippen LogP contribution in [0.1, 0.15) is 11.7 Å². The van der Waals surface area contributed by atoms with Crippen molar-refractivity contribution in [1.29, 1.82) is 0 Å². The van der Waals surface area contributed by atoms with E-state index < -0.39 is 0 Å². The van der Waals surface area contributed by atoms with Crippen LogP contribution in [0.5, 0.6) is 0 Å². The Kier molecular flexibility index (Phi) is 5.11. The lowest BCUT2D eigenvalue weighted by Gasteiger charge is -2.36. The highest BCUT2D eigenvalue weighted by molar-refractivity contribution is 6.43. The van der Waals surface area contributed by atoms with Crippen molar-refractivity contribution in [1.82, 2.24) is 20.4 Å². The summed E-state index contributed by atoms with van der Waals surface area (Å²) in [5.41, 5.74) is 0.895. The van der Waals surface area contributed by atoms with Crippen molar-refractivity contribution >= 4 is 34.9 Å². The van der Waals surface area contributed by atoms with Gasteiger partial charge in [0.2, 0.25) is 5.89 Å². The SMILES string of the molecule is Cc1nc(CNC(=O)N2CCN(c3cccc(Cl)c3Cl)CC2)no1. The molecule has 1 saturated heterocycles. The van der Waals surface area contributed by atoms with E-state index in [1.165, 1.54) is 0 Å². The van der Waals surface area contributed by atoms with E-state index in [2.05, 4.69) is 20.4 Å². The number of benzene rings is 1. The van der Waals surface area contributed by atoms with Crippen LogP contribution >= 0.6 is 23.2 Å². The zero-order valence-electron chi connectivity index (χ0n) is 13.1. The van der Waals surface area contributed by atoms with Gasteiger partial charge in [0.1, 0.15) is 0 Å². The van der Waals surface area contributed by atoms with Gasteiger partial charge in [-0.05, 0) is 12.1 Å². The van der Waals surface area contributed by atoms with Crippen molar-refractivity contribution in [2.24, 2.45) is 0 Å². The van der Waals surface area contributed by atoms with Gasteiger partial charge < -0.3 is 19.6 Å². The normalized spacial score (nSPS) is 14.8. The van der Waals surface area contributed by atoms with Gasteiger partial charge in [0.05, 0.1) is 22.3 Å². The molecule has 128 valence electrons. The first-order valence-electron chi connectivity index (χ1n) is 7.55. The second kappa shape index (κ2) is 7.27. The minimum Gasteiger partial charge on any atom is -0.367 e. The molecule has 0 saturated carbocycles. The maximum atomic E-state index is 12.2. The molecule has 2 amide bonds. The number of carbonyl (C=O) groups is 1. The molecule has 0 radical (unpaired) electrons. The van der Waals surface area contributed by atoms with E-state index in [9.17, 15) is 4.79 Å². The van der Waals surface area contributed by atoms with Crippen molar-refractivity contribution in [3.05, 3.63) is 40.0 Å². The van der Waals surface area contributed by atoms with Crippen LogP contribution in [0.3, 0.4) is 0 Å². The summed E-state index contributed by atoms with van der Waals surface area (Å²) in [6.45, 7) is 4.53. The maximum Gasteiger partial charge on any atom is 0.317 e. The van der Waals surface area contributed by atoms with E-state index in [1.807, 2.05) is 12.1 Å². The molecule has 24 heavy (non-hydrogen) atoms. The minimum atomic E-state index is -0.144. The van der Waals surface area contributed by atoms with Crippen LogP contribution in [-0.4, -0.2) is 47.3 Å². The molecule has 0 spiro atoms. The molecular weight excluding hydrogens is 353 g/mol. The summed E-state index contributed by atoms with van der Waals surface area (Å²) in [5, 5.41) is 7.62. The Morgan fingerprint density at radius 1 is 1.29 bits per heavy atom. The number of halogens is 2. The molecule has 2 aromatic rings. The number of carbonyl (C=O) groups excluding carboxylic acids is 1. The smallest absolute Gasteiger partial charge is 0.317 e. The Hall–Kier alpha value is -1.99. The molecule has 1 aromatic carbocycles. The number of hydrogen-bond acceptors (Lipinski definition) is 5. The first kappa shape index (κ1) is 16.9. The Labute approximate surface area is 149 Å². The van der Waals surface area contributed by atoms with Crippen LogP contribution in [0.4, 0.5) is 10.5 Å². The predicted molar refractivity (Wildman–Crippen MR) is 91.5 cm³/mol. The topological polar surface area (TPSA) is 74.5 Å². The van der Waals surface area contributed by atoms with Crippen LogP contribution in [-0.2, 0) is 6.54 Å². The fourth-order valence-corrected chi connectivity index (χ4v) is 2.98. The molecule has 1 aromatic heterocycles. The molecule has 1 aliphatic rings. The number of rotatable bonds is 3. The van der Waals surface area contributed by atoms with E-state index in [0.29, 0.717) is 47.9 Å². The molecule has 0 atom stereocenters. The van der Waals surface area contributed by atoms with Gasteiger partial charge in [-0.25, -0.2) is 4.79 Å². The van der Waals surface area contributed by atoms with Gasteiger partial charge in [0.15, 0.2) is 5.82 Å². The molecule has 3 rings (SSSR count). The van der Waals surface area contributed by atoms with Gasteiger partial charge in [-0.2, -0.15) is 4.98 Å². The largest absolute Gasteiger partial charge is 0.367 e. The lowest BCUT2D eigenvalue weighted by molar-refractivity contribution is 0.193. The van der Waals surface area contributed by atoms with Gasteiger partial charge in [-0.1, -0.05) is 34.4 Å². The van der Waals surface area contributed by atoms with Gasteiger partial charge in [0, 0.05) is 33.1 Å². The highest BCUT2D eigenvalue weighted by Gasteiger charge is 2.23. The Morgan fingerprint density at radius 2 is 2.04 bits per heavy atom. The number of anilines is 1. The molecule has 0 aliphatic carbocycles. The summed E-state index contributed by atoms with van der Waals surface area (Å²) in [5.74, 6) is 0.941. The third-order valence-electron chi connectivity index (χ3n) is 3.81. The third-order valence-corrected chi connectivity index (χ3v) is 4.62. The standard InChI is InChI=1S/C15H17Cl2N5O2/c1-10-19-13(20-24-10)9-18-15(23)22-7-5-21(6-8-22)12-4-2-3-11(16)14(12)17/h2-4H,5-9H2,1H3,(H,18,23). The molecule has 7 nitrogen and oxygen atoms in total. The van der Waals surface area contributed by atoms with E-state index in [0.717, 1.165) is 5.69 Å². The van der Waals surface area contributed by atoms with E-state index in [-0.39, 0.29) is 12.6 Å². The van der Waals surface area contributed by atoms with Crippen molar-refractivity contribution in [3.8, 4) is 0 Å². The summed E-state index contributed by atoms with van der Waals surface area (Å²) >= 11 is 12.3. The molecule has 0 unspecified atom stereocenters. The fraction of sp³-hybridized carbons (Fsp3) is 0.400. The summed E-state index contributed by atoms with van der Waals surface area (Å²) in [6, 6.07) is 5.42. The Bertz CT molecular complexity index is 728. The number of urea groups is 1. The average Bonchev–Trinajstić information content (AvgIpc) is 3.01. The summed E-state index contributed by atoms with van der Waals surface area (Å²) < 4.78 is 4.87. The quantitative estimate of drug-likeness (QED) is 0.899. The summed E-state index contributed by atoms with van der Waals surface area (Å²) in [4.78, 5) is 20.1. The van der Waals surface area contributed by atoms with Crippen molar-refractivity contribution in [2.75, 3.05) is 31.1 Å². The lowest BCUT2D eigenvalue weighted by atomic mass is 10.2. The number of aromatic nitrogens is 2. The average molecular weight is 370 g/mol. The van der Waals surface area contributed by atoms with Gasteiger partial charge in [-0.3, -0.25) is 0 Å². The number of aryl methyl sites for hydroxylation is 1. The number of hydrogen-bond donors (Lipinski definition) is 1. The highest BCUT2D eigenvalue weighted by atomic mass is 35.5. The molecule has 0 bridgehead atoms. The van der Waals surface area contributed by atoms with Crippen molar-refractivity contribution < 1.29 is 9.32 Å². The molecule has 1 N–H and O–H groups in total. The van der Waals surface area contributed by atoms with Gasteiger partial charge in [0.25, 0.3) is 0 Å². The van der Waals surface area contributed by atoms with Crippen LogP contribution in [0, 0.1) is 6.92 Å². The Morgan fingerprint density at radius 3 is 2.71 bits per heavy atom. The number of nitrogens with one attached hydrogen (secondary N) is 1. The monoisotopic (exact) mass is 369 g/mol. The first-order valence-corrected chi connectivity index (χ1v) is 8.31. The first-order chi connectivity index (χ1) is 11.5. The summed E-state index contributed by atoms with van der Waals surface area (Å²) in [7, 11) is 0. The zero-order valence-corrected chi connectivity index (χ0v) is 14.6. The van der Waals surface area contributed by atoms with Gasteiger partial charge in [-0.15, -0.1) is 0 Å². The number of amides is 2. The van der Waals surface area contributed by atoms with E-state index in [1.54, 1.807) is 17.9 Å². The van der Waals surface area contributed by atoms with Crippen LogP contribution in [0.25, 0.3) is 0 Å². The molecular formula is C15H17Cl2N5O2. The maximum absolute atomic E-state index is 12.2.